The van der Waals surface area contributed by atoms with Gasteiger partial charge in [0.25, 0.3) is 0 Å². The van der Waals surface area contributed by atoms with Gasteiger partial charge in [0.15, 0.2) is 0 Å². The van der Waals surface area contributed by atoms with Crippen LogP contribution in [0.3, 0.4) is 0 Å². The number of carboxylic acid groups (broad SMARTS) is 1. The number of nitrogens with zero attached hydrogens (tertiary/aromatic N) is 1. The third-order valence-electron chi connectivity index (χ3n) is 2.57. The Morgan fingerprint density at radius 2 is 2.00 bits per heavy atom. The van der Waals surface area contributed by atoms with Crippen molar-refractivity contribution in [3.8, 4) is 11.1 Å². The Kier molecular flexibility index (Phi) is 3.93. The number of rotatable bonds is 3. The SMILES string of the molecule is Nc1cc(CC(=O)O)c(-c2ccc(Cl)cc2Cl)cn1. The first-order valence-corrected chi connectivity index (χ1v) is 6.14. The van der Waals surface area contributed by atoms with Crippen LogP contribution in [0.2, 0.25) is 10.0 Å². The number of nitrogens with two attached hydrogens (primary N) is 1. The van der Waals surface area contributed by atoms with Crippen molar-refractivity contribution >= 4 is 35.0 Å². The van der Waals surface area contributed by atoms with Crippen LogP contribution >= 0.6 is 23.2 Å². The lowest BCUT2D eigenvalue weighted by atomic mass is 10.00. The summed E-state index contributed by atoms with van der Waals surface area (Å²) in [5, 5.41) is 9.87. The van der Waals surface area contributed by atoms with E-state index in [9.17, 15) is 4.79 Å². The van der Waals surface area contributed by atoms with E-state index >= 15 is 0 Å². The standard InChI is InChI=1S/C13H10Cl2N2O2/c14-8-1-2-9(11(15)5-8)10-6-17-12(16)3-7(10)4-13(18)19/h1-3,5-6H,4H2,(H2,16,17)(H,18,19). The molecule has 1 aromatic heterocycles. The number of benzene rings is 1. The van der Waals surface area contributed by atoms with Crippen molar-refractivity contribution in [1.29, 1.82) is 0 Å². The molecule has 19 heavy (non-hydrogen) atoms. The molecule has 0 aliphatic carbocycles. The van der Waals surface area contributed by atoms with Gasteiger partial charge in [0.2, 0.25) is 0 Å². The highest BCUT2D eigenvalue weighted by Crippen LogP contribution is 2.32. The number of carbonyl (C=O) groups is 1. The molecule has 6 heteroatoms. The number of hydrogen-bond acceptors (Lipinski definition) is 3. The molecule has 0 amide bonds. The summed E-state index contributed by atoms with van der Waals surface area (Å²) in [6, 6.07) is 6.54. The van der Waals surface area contributed by atoms with E-state index in [2.05, 4.69) is 4.98 Å². The van der Waals surface area contributed by atoms with Gasteiger partial charge in [0, 0.05) is 27.4 Å². The number of aromatic nitrogens is 1. The molecule has 0 radical (unpaired) electrons. The first-order valence-electron chi connectivity index (χ1n) is 5.39. The Morgan fingerprint density at radius 1 is 1.26 bits per heavy atom. The first-order chi connectivity index (χ1) is 8.97. The van der Waals surface area contributed by atoms with Gasteiger partial charge in [0.1, 0.15) is 5.82 Å². The van der Waals surface area contributed by atoms with Crippen LogP contribution < -0.4 is 5.73 Å². The van der Waals surface area contributed by atoms with Gasteiger partial charge in [-0.15, -0.1) is 0 Å². The molecule has 0 atom stereocenters. The number of carboxylic acids is 1. The van der Waals surface area contributed by atoms with Crippen molar-refractivity contribution in [3.05, 3.63) is 46.1 Å². The highest BCUT2D eigenvalue weighted by Gasteiger charge is 2.13. The maximum absolute atomic E-state index is 10.9. The number of pyridine rings is 1. The van der Waals surface area contributed by atoms with Crippen molar-refractivity contribution in [2.45, 2.75) is 6.42 Å². The lowest BCUT2D eigenvalue weighted by Crippen LogP contribution is -2.04. The van der Waals surface area contributed by atoms with Gasteiger partial charge >= 0.3 is 5.97 Å². The van der Waals surface area contributed by atoms with Gasteiger partial charge in [-0.3, -0.25) is 4.79 Å². The Bertz CT molecular complexity index is 645. The number of nitrogen functional groups attached to an aromatic ring is 1. The molecule has 4 nitrogen and oxygen atoms in total. The predicted molar refractivity (Wildman–Crippen MR) is 75.4 cm³/mol. The quantitative estimate of drug-likeness (QED) is 0.911. The third kappa shape index (κ3) is 3.16. The maximum Gasteiger partial charge on any atom is 0.307 e. The molecule has 2 aromatic rings. The maximum atomic E-state index is 10.9. The van der Waals surface area contributed by atoms with Crippen molar-refractivity contribution < 1.29 is 9.90 Å². The smallest absolute Gasteiger partial charge is 0.307 e. The lowest BCUT2D eigenvalue weighted by molar-refractivity contribution is -0.136. The first kappa shape index (κ1) is 13.6. The zero-order valence-electron chi connectivity index (χ0n) is 9.73. The minimum Gasteiger partial charge on any atom is -0.481 e. The minimum absolute atomic E-state index is 0.152. The fourth-order valence-corrected chi connectivity index (χ4v) is 2.29. The zero-order chi connectivity index (χ0) is 14.0. The second kappa shape index (κ2) is 5.47. The molecule has 98 valence electrons. The molecule has 2 rings (SSSR count). The highest BCUT2D eigenvalue weighted by molar-refractivity contribution is 6.36. The van der Waals surface area contributed by atoms with E-state index in [0.29, 0.717) is 26.7 Å². The minimum atomic E-state index is -0.947. The van der Waals surface area contributed by atoms with Crippen LogP contribution in [0.4, 0.5) is 5.82 Å². The highest BCUT2D eigenvalue weighted by atomic mass is 35.5. The summed E-state index contributed by atoms with van der Waals surface area (Å²) in [7, 11) is 0. The van der Waals surface area contributed by atoms with Gasteiger partial charge < -0.3 is 10.8 Å². The Hall–Kier alpha value is -1.78. The zero-order valence-corrected chi connectivity index (χ0v) is 11.2. The molecule has 0 unspecified atom stereocenters. The molecule has 1 aromatic carbocycles. The average molecular weight is 297 g/mol. The van der Waals surface area contributed by atoms with E-state index in [0.717, 1.165) is 0 Å². The Morgan fingerprint density at radius 3 is 2.63 bits per heavy atom. The van der Waals surface area contributed by atoms with Gasteiger partial charge in [0.05, 0.1) is 6.42 Å². The van der Waals surface area contributed by atoms with Crippen LogP contribution in [-0.2, 0) is 11.2 Å². The average Bonchev–Trinajstić information content (AvgIpc) is 2.30. The van der Waals surface area contributed by atoms with Crippen molar-refractivity contribution in [1.82, 2.24) is 4.98 Å². The van der Waals surface area contributed by atoms with Gasteiger partial charge in [-0.05, 0) is 23.8 Å². The molecule has 0 saturated heterocycles. The fraction of sp³-hybridized carbons (Fsp3) is 0.0769. The predicted octanol–water partition coefficient (Wildman–Crippen LogP) is 3.26. The Balaban J connectivity index is 2.57. The van der Waals surface area contributed by atoms with Crippen molar-refractivity contribution in [2.24, 2.45) is 0 Å². The van der Waals surface area contributed by atoms with Crippen LogP contribution in [-0.4, -0.2) is 16.1 Å². The molecule has 0 saturated carbocycles. The molecule has 0 aliphatic heterocycles. The van der Waals surface area contributed by atoms with E-state index < -0.39 is 5.97 Å². The van der Waals surface area contributed by atoms with E-state index in [4.69, 9.17) is 34.0 Å². The summed E-state index contributed by atoms with van der Waals surface area (Å²) >= 11 is 12.0. The van der Waals surface area contributed by atoms with E-state index in [-0.39, 0.29) is 12.2 Å². The van der Waals surface area contributed by atoms with Crippen molar-refractivity contribution in [2.75, 3.05) is 5.73 Å². The number of anilines is 1. The number of hydrogen-bond donors (Lipinski definition) is 2. The molecule has 0 bridgehead atoms. The molecular formula is C13H10Cl2N2O2. The van der Waals surface area contributed by atoms with Crippen LogP contribution in [0, 0.1) is 0 Å². The summed E-state index contributed by atoms with van der Waals surface area (Å²) in [4.78, 5) is 14.9. The van der Waals surface area contributed by atoms with Crippen LogP contribution in [0.1, 0.15) is 5.56 Å². The number of halogens is 2. The molecule has 0 spiro atoms. The summed E-state index contributed by atoms with van der Waals surface area (Å²) < 4.78 is 0. The second-order valence-electron chi connectivity index (χ2n) is 3.96. The normalized spacial score (nSPS) is 10.4. The largest absolute Gasteiger partial charge is 0.481 e. The summed E-state index contributed by atoms with van der Waals surface area (Å²) in [6.07, 6.45) is 1.36. The molecule has 3 N–H and O–H groups in total. The van der Waals surface area contributed by atoms with E-state index in [1.807, 2.05) is 0 Å². The van der Waals surface area contributed by atoms with Gasteiger partial charge in [-0.25, -0.2) is 4.98 Å². The van der Waals surface area contributed by atoms with Crippen LogP contribution in [0.15, 0.2) is 30.5 Å². The van der Waals surface area contributed by atoms with Crippen LogP contribution in [0.25, 0.3) is 11.1 Å². The fourth-order valence-electron chi connectivity index (χ4n) is 1.78. The Labute approximate surface area is 119 Å². The summed E-state index contributed by atoms with van der Waals surface area (Å²) in [6.45, 7) is 0. The summed E-state index contributed by atoms with van der Waals surface area (Å²) in [5.74, 6) is -0.679. The van der Waals surface area contributed by atoms with E-state index in [1.165, 1.54) is 12.3 Å². The molecule has 0 fully saturated rings. The van der Waals surface area contributed by atoms with Crippen molar-refractivity contribution in [3.63, 3.8) is 0 Å². The van der Waals surface area contributed by atoms with E-state index in [1.54, 1.807) is 18.2 Å². The lowest BCUT2D eigenvalue weighted by Gasteiger charge is -2.10. The molecule has 1 heterocycles. The van der Waals surface area contributed by atoms with Crippen LogP contribution in [0.5, 0.6) is 0 Å². The summed E-state index contributed by atoms with van der Waals surface area (Å²) in [5.41, 5.74) is 7.46. The second-order valence-corrected chi connectivity index (χ2v) is 4.80. The topological polar surface area (TPSA) is 76.2 Å². The third-order valence-corrected chi connectivity index (χ3v) is 3.12. The monoisotopic (exact) mass is 296 g/mol. The molecular weight excluding hydrogens is 287 g/mol. The van der Waals surface area contributed by atoms with Gasteiger partial charge in [-0.1, -0.05) is 29.3 Å². The molecule has 0 aliphatic rings. The van der Waals surface area contributed by atoms with Gasteiger partial charge in [-0.2, -0.15) is 0 Å². The number of aliphatic carboxylic acids is 1.